The van der Waals surface area contributed by atoms with Crippen molar-refractivity contribution >= 4 is 11.9 Å². The Hall–Kier alpha value is -2.05. The van der Waals surface area contributed by atoms with E-state index in [2.05, 4.69) is 10.5 Å². The van der Waals surface area contributed by atoms with Gasteiger partial charge in [0.05, 0.1) is 0 Å². The van der Waals surface area contributed by atoms with Crippen molar-refractivity contribution in [3.05, 3.63) is 17.0 Å². The first kappa shape index (κ1) is 14.5. The van der Waals surface area contributed by atoms with E-state index in [0.29, 0.717) is 18.8 Å². The number of carbonyl (C=O) groups is 2. The normalized spacial score (nSPS) is 22.2. The van der Waals surface area contributed by atoms with Crippen LogP contribution in [0.3, 0.4) is 0 Å². The highest BCUT2D eigenvalue weighted by atomic mass is 16.5. The molecule has 7 nitrogen and oxygen atoms in total. The number of urea groups is 1. The van der Waals surface area contributed by atoms with Crippen LogP contribution in [-0.2, 0) is 12.8 Å². The highest BCUT2D eigenvalue weighted by Gasteiger charge is 2.34. The molecule has 0 atom stereocenters. The number of nitrogens with one attached hydrogen (secondary N) is 1. The third-order valence-electron chi connectivity index (χ3n) is 5.24. The van der Waals surface area contributed by atoms with Crippen molar-refractivity contribution in [2.75, 3.05) is 26.2 Å². The van der Waals surface area contributed by atoms with Crippen LogP contribution in [0.4, 0.5) is 4.79 Å². The van der Waals surface area contributed by atoms with Gasteiger partial charge in [-0.05, 0) is 32.1 Å². The monoisotopic (exact) mass is 318 g/mol. The van der Waals surface area contributed by atoms with Gasteiger partial charge < -0.3 is 19.6 Å². The molecule has 0 radical (unpaired) electrons. The van der Waals surface area contributed by atoms with Crippen molar-refractivity contribution in [1.29, 1.82) is 0 Å². The van der Waals surface area contributed by atoms with Crippen LogP contribution in [0, 0.1) is 0 Å². The topological polar surface area (TPSA) is 78.7 Å². The van der Waals surface area contributed by atoms with Crippen LogP contribution in [0.2, 0.25) is 0 Å². The highest BCUT2D eigenvalue weighted by Crippen LogP contribution is 2.26. The van der Waals surface area contributed by atoms with E-state index in [0.717, 1.165) is 62.9 Å². The number of hydrogen-bond acceptors (Lipinski definition) is 4. The quantitative estimate of drug-likeness (QED) is 0.888. The van der Waals surface area contributed by atoms with E-state index < -0.39 is 0 Å². The van der Waals surface area contributed by atoms with Crippen LogP contribution in [0.25, 0.3) is 0 Å². The number of rotatable bonds is 2. The molecule has 1 aliphatic carbocycles. The third kappa shape index (κ3) is 2.58. The minimum atomic E-state index is -0.0128. The molecule has 2 saturated heterocycles. The van der Waals surface area contributed by atoms with Crippen LogP contribution >= 0.6 is 0 Å². The zero-order valence-electron chi connectivity index (χ0n) is 13.2. The fourth-order valence-corrected chi connectivity index (χ4v) is 3.92. The number of aryl methyl sites for hydroxylation is 1. The van der Waals surface area contributed by atoms with Gasteiger partial charge in [0.25, 0.3) is 5.91 Å². The molecule has 3 amide bonds. The van der Waals surface area contributed by atoms with E-state index in [9.17, 15) is 9.59 Å². The first-order valence-electron chi connectivity index (χ1n) is 8.55. The molecule has 2 fully saturated rings. The van der Waals surface area contributed by atoms with Gasteiger partial charge in [-0.15, -0.1) is 0 Å². The minimum Gasteiger partial charge on any atom is -0.360 e. The first-order chi connectivity index (χ1) is 11.2. The summed E-state index contributed by atoms with van der Waals surface area (Å²) >= 11 is 0. The Morgan fingerprint density at radius 2 is 1.96 bits per heavy atom. The minimum absolute atomic E-state index is 0.0128. The largest absolute Gasteiger partial charge is 0.360 e. The summed E-state index contributed by atoms with van der Waals surface area (Å²) in [6.07, 6.45) is 5.66. The van der Waals surface area contributed by atoms with Crippen LogP contribution in [0.1, 0.15) is 47.5 Å². The maximum atomic E-state index is 12.7. The Kier molecular flexibility index (Phi) is 3.71. The summed E-state index contributed by atoms with van der Waals surface area (Å²) in [5.41, 5.74) is 1.53. The average molecular weight is 318 g/mol. The van der Waals surface area contributed by atoms with Crippen LogP contribution in [0.5, 0.6) is 0 Å². The van der Waals surface area contributed by atoms with E-state index in [4.69, 9.17) is 4.52 Å². The van der Waals surface area contributed by atoms with Crippen LogP contribution in [-0.4, -0.2) is 59.1 Å². The molecule has 1 aromatic heterocycles. The Labute approximate surface area is 135 Å². The maximum Gasteiger partial charge on any atom is 0.317 e. The molecule has 0 spiro atoms. The molecule has 1 N–H and O–H groups in total. The lowest BCUT2D eigenvalue weighted by atomic mass is 9.95. The van der Waals surface area contributed by atoms with Gasteiger partial charge in [-0.25, -0.2) is 4.79 Å². The lowest BCUT2D eigenvalue weighted by molar-refractivity contribution is 0.0655. The molecule has 1 aromatic rings. The molecular formula is C16H22N4O3. The second-order valence-electron chi connectivity index (χ2n) is 6.59. The molecular weight excluding hydrogens is 296 g/mol. The number of piperidine rings is 1. The molecule has 0 bridgehead atoms. The van der Waals surface area contributed by atoms with E-state index >= 15 is 0 Å². The number of carbonyl (C=O) groups excluding carboxylic acids is 2. The molecule has 4 rings (SSSR count). The molecule has 0 saturated carbocycles. The molecule has 7 heteroatoms. The highest BCUT2D eigenvalue weighted by molar-refractivity contribution is 5.94. The molecule has 2 aliphatic heterocycles. The second kappa shape index (κ2) is 5.86. The number of nitrogens with zero attached hydrogens (tertiary/aromatic N) is 3. The Morgan fingerprint density at radius 3 is 2.70 bits per heavy atom. The van der Waals surface area contributed by atoms with Gasteiger partial charge in [0, 0.05) is 44.2 Å². The summed E-state index contributed by atoms with van der Waals surface area (Å²) in [6, 6.07) is 0.271. The zero-order chi connectivity index (χ0) is 15.8. The first-order valence-corrected chi connectivity index (χ1v) is 8.55. The zero-order valence-corrected chi connectivity index (χ0v) is 13.2. The SMILES string of the molecule is O=C(c1noc2c1CCCC2)N1CCC(N2CCNC2=O)CC1. The van der Waals surface area contributed by atoms with Gasteiger partial charge in [-0.1, -0.05) is 5.16 Å². The Morgan fingerprint density at radius 1 is 1.17 bits per heavy atom. The molecule has 124 valence electrons. The number of amides is 3. The number of hydrogen-bond donors (Lipinski definition) is 1. The summed E-state index contributed by atoms with van der Waals surface area (Å²) in [5, 5.41) is 6.88. The van der Waals surface area contributed by atoms with Crippen LogP contribution in [0.15, 0.2) is 4.52 Å². The van der Waals surface area contributed by atoms with Gasteiger partial charge >= 0.3 is 6.03 Å². The lowest BCUT2D eigenvalue weighted by Gasteiger charge is -2.35. The molecule has 23 heavy (non-hydrogen) atoms. The molecule has 3 aliphatic rings. The Balaban J connectivity index is 1.41. The fraction of sp³-hybridized carbons (Fsp3) is 0.688. The van der Waals surface area contributed by atoms with Gasteiger partial charge in [-0.3, -0.25) is 4.79 Å². The number of likely N-dealkylation sites (tertiary alicyclic amines) is 1. The number of fused-ring (bicyclic) bond motifs is 1. The van der Waals surface area contributed by atoms with Gasteiger partial charge in [0.1, 0.15) is 5.76 Å². The summed E-state index contributed by atoms with van der Waals surface area (Å²) in [6.45, 7) is 2.85. The third-order valence-corrected chi connectivity index (χ3v) is 5.24. The lowest BCUT2D eigenvalue weighted by Crippen LogP contribution is -2.47. The van der Waals surface area contributed by atoms with E-state index in [1.807, 2.05) is 9.80 Å². The summed E-state index contributed by atoms with van der Waals surface area (Å²) < 4.78 is 5.36. The fourth-order valence-electron chi connectivity index (χ4n) is 3.92. The van der Waals surface area contributed by atoms with Gasteiger partial charge in [0.2, 0.25) is 0 Å². The van der Waals surface area contributed by atoms with Gasteiger partial charge in [0.15, 0.2) is 5.69 Å². The molecule has 3 heterocycles. The molecule has 0 unspecified atom stereocenters. The van der Waals surface area contributed by atoms with Crippen molar-refractivity contribution in [2.45, 2.75) is 44.6 Å². The van der Waals surface area contributed by atoms with Crippen molar-refractivity contribution in [3.63, 3.8) is 0 Å². The summed E-state index contributed by atoms with van der Waals surface area (Å²) in [4.78, 5) is 28.2. The second-order valence-corrected chi connectivity index (χ2v) is 6.59. The predicted octanol–water partition coefficient (Wildman–Crippen LogP) is 1.18. The van der Waals surface area contributed by atoms with Crippen LogP contribution < -0.4 is 5.32 Å². The summed E-state index contributed by atoms with van der Waals surface area (Å²) in [7, 11) is 0. The van der Waals surface area contributed by atoms with E-state index in [1.165, 1.54) is 0 Å². The van der Waals surface area contributed by atoms with Crippen molar-refractivity contribution in [3.8, 4) is 0 Å². The van der Waals surface area contributed by atoms with Crippen molar-refractivity contribution < 1.29 is 14.1 Å². The van der Waals surface area contributed by atoms with E-state index in [1.54, 1.807) is 0 Å². The maximum absolute atomic E-state index is 12.7. The number of aromatic nitrogens is 1. The average Bonchev–Trinajstić information content (AvgIpc) is 3.20. The standard InChI is InChI=1S/C16H22N4O3/c21-15(14-12-3-1-2-4-13(12)23-18-14)19-8-5-11(6-9-19)20-10-7-17-16(20)22/h11H,1-10H2,(H,17,22). The Bertz CT molecular complexity index is 619. The van der Waals surface area contributed by atoms with Crippen molar-refractivity contribution in [2.24, 2.45) is 0 Å². The predicted molar refractivity (Wildman–Crippen MR) is 82.2 cm³/mol. The molecule has 0 aromatic carbocycles. The van der Waals surface area contributed by atoms with Gasteiger partial charge in [-0.2, -0.15) is 0 Å². The summed E-state index contributed by atoms with van der Waals surface area (Å²) in [5.74, 6) is 0.879. The van der Waals surface area contributed by atoms with E-state index in [-0.39, 0.29) is 18.0 Å². The van der Waals surface area contributed by atoms with Crippen molar-refractivity contribution in [1.82, 2.24) is 20.3 Å². The smallest absolute Gasteiger partial charge is 0.317 e.